The summed E-state index contributed by atoms with van der Waals surface area (Å²) < 4.78 is 6.56. The number of anilines is 1. The van der Waals surface area contributed by atoms with Crippen molar-refractivity contribution in [3.8, 4) is 0 Å². The lowest BCUT2D eigenvalue weighted by Gasteiger charge is -2.26. The Hall–Kier alpha value is -0.580. The zero-order valence-electron chi connectivity index (χ0n) is 16.7. The van der Waals surface area contributed by atoms with Gasteiger partial charge in [-0.1, -0.05) is 12.1 Å². The second-order valence-corrected chi connectivity index (χ2v) is 7.95. The van der Waals surface area contributed by atoms with Crippen LogP contribution in [0.3, 0.4) is 0 Å². The fourth-order valence-corrected chi connectivity index (χ4v) is 4.16. The number of halogens is 2. The van der Waals surface area contributed by atoms with Crippen molar-refractivity contribution in [1.82, 2.24) is 15.5 Å². The van der Waals surface area contributed by atoms with Crippen LogP contribution in [0.4, 0.5) is 5.69 Å². The Morgan fingerprint density at radius 3 is 2.79 bits per heavy atom. The molecule has 3 rings (SSSR count). The summed E-state index contributed by atoms with van der Waals surface area (Å²) in [5, 5.41) is 7.01. The van der Waals surface area contributed by atoms with Gasteiger partial charge in [0.05, 0.1) is 18.9 Å². The maximum atomic E-state index is 5.40. The van der Waals surface area contributed by atoms with Crippen LogP contribution in [0.5, 0.6) is 0 Å². The van der Waals surface area contributed by atoms with Crippen molar-refractivity contribution >= 4 is 51.6 Å². The number of nitrogens with one attached hydrogen (secondary N) is 2. The third kappa shape index (κ3) is 7.35. The van der Waals surface area contributed by atoms with Crippen LogP contribution >= 0.6 is 39.9 Å². The Kier molecular flexibility index (Phi) is 10.9. The van der Waals surface area contributed by atoms with Crippen molar-refractivity contribution in [3.05, 3.63) is 28.7 Å². The van der Waals surface area contributed by atoms with Gasteiger partial charge in [0.15, 0.2) is 5.96 Å². The highest BCUT2D eigenvalue weighted by Crippen LogP contribution is 2.28. The molecule has 0 aromatic heterocycles. The first kappa shape index (κ1) is 23.7. The summed E-state index contributed by atoms with van der Waals surface area (Å²) in [7, 11) is 0. The van der Waals surface area contributed by atoms with E-state index in [2.05, 4.69) is 67.6 Å². The normalized spacial score (nSPS) is 20.7. The number of aliphatic imine (C=N–C) groups is 1. The Morgan fingerprint density at radius 1 is 1.25 bits per heavy atom. The van der Waals surface area contributed by atoms with Crippen molar-refractivity contribution in [2.24, 2.45) is 4.99 Å². The molecule has 28 heavy (non-hydrogen) atoms. The Bertz CT molecular complexity index is 612. The number of benzene rings is 1. The number of hydrogen-bond donors (Lipinski definition) is 2. The van der Waals surface area contributed by atoms with Gasteiger partial charge in [0.2, 0.25) is 0 Å². The number of hydrogen-bond acceptors (Lipinski definition) is 4. The number of rotatable bonds is 7. The molecule has 6 nitrogen and oxygen atoms in total. The molecule has 0 amide bonds. The highest BCUT2D eigenvalue weighted by Gasteiger charge is 2.24. The first-order valence-corrected chi connectivity index (χ1v) is 10.9. The fraction of sp³-hybridized carbons (Fsp3) is 0.650. The average Bonchev–Trinajstić information content (AvgIpc) is 3.15. The van der Waals surface area contributed by atoms with Crippen LogP contribution in [-0.2, 0) is 4.74 Å². The summed E-state index contributed by atoms with van der Waals surface area (Å²) in [4.78, 5) is 9.68. The lowest BCUT2D eigenvalue weighted by atomic mass is 10.2. The molecule has 2 fully saturated rings. The van der Waals surface area contributed by atoms with E-state index in [0.29, 0.717) is 6.04 Å². The SMILES string of the molecule is CCNC(=NCCCN1CCOCC1)NC1CCN(c2ccccc2Br)C1.I. The van der Waals surface area contributed by atoms with Crippen LogP contribution in [-0.4, -0.2) is 75.9 Å². The highest BCUT2D eigenvalue weighted by molar-refractivity contribution is 14.0. The van der Waals surface area contributed by atoms with Gasteiger partial charge in [-0.3, -0.25) is 9.89 Å². The predicted octanol–water partition coefficient (Wildman–Crippen LogP) is 2.92. The second-order valence-electron chi connectivity index (χ2n) is 7.10. The predicted molar refractivity (Wildman–Crippen MR) is 131 cm³/mol. The van der Waals surface area contributed by atoms with Gasteiger partial charge in [-0.2, -0.15) is 0 Å². The Morgan fingerprint density at radius 2 is 2.04 bits per heavy atom. The summed E-state index contributed by atoms with van der Waals surface area (Å²) in [6.45, 7) is 10.9. The average molecular weight is 566 g/mol. The van der Waals surface area contributed by atoms with E-state index in [1.54, 1.807) is 0 Å². The van der Waals surface area contributed by atoms with Gasteiger partial charge < -0.3 is 20.3 Å². The second kappa shape index (κ2) is 12.9. The van der Waals surface area contributed by atoms with Crippen LogP contribution in [0.2, 0.25) is 0 Å². The summed E-state index contributed by atoms with van der Waals surface area (Å²) in [6, 6.07) is 8.87. The van der Waals surface area contributed by atoms with E-state index in [-0.39, 0.29) is 24.0 Å². The number of guanidine groups is 1. The lowest BCUT2D eigenvalue weighted by molar-refractivity contribution is 0.0377. The number of ether oxygens (including phenoxy) is 1. The minimum absolute atomic E-state index is 0. The number of morpholine rings is 1. The van der Waals surface area contributed by atoms with Crippen molar-refractivity contribution in [2.45, 2.75) is 25.8 Å². The monoisotopic (exact) mass is 565 g/mol. The quantitative estimate of drug-likeness (QED) is 0.230. The van der Waals surface area contributed by atoms with Crippen LogP contribution < -0.4 is 15.5 Å². The van der Waals surface area contributed by atoms with Crippen molar-refractivity contribution in [3.63, 3.8) is 0 Å². The van der Waals surface area contributed by atoms with E-state index >= 15 is 0 Å². The molecule has 8 heteroatoms. The van der Waals surface area contributed by atoms with E-state index in [9.17, 15) is 0 Å². The molecule has 0 spiro atoms. The molecule has 0 radical (unpaired) electrons. The third-order valence-electron chi connectivity index (χ3n) is 5.07. The number of nitrogens with zero attached hydrogens (tertiary/aromatic N) is 3. The molecular formula is C20H33BrIN5O. The van der Waals surface area contributed by atoms with Crippen molar-refractivity contribution < 1.29 is 4.74 Å². The molecule has 2 heterocycles. The molecule has 1 unspecified atom stereocenters. The van der Waals surface area contributed by atoms with Gasteiger partial charge in [-0.05, 0) is 47.8 Å². The van der Waals surface area contributed by atoms with Gasteiger partial charge in [-0.25, -0.2) is 0 Å². The number of para-hydroxylation sites is 1. The molecule has 0 saturated carbocycles. The largest absolute Gasteiger partial charge is 0.379 e. The molecule has 2 saturated heterocycles. The maximum Gasteiger partial charge on any atom is 0.191 e. The zero-order chi connectivity index (χ0) is 18.9. The van der Waals surface area contributed by atoms with Crippen molar-refractivity contribution in [2.75, 3.05) is 63.9 Å². The molecule has 2 aliphatic heterocycles. The van der Waals surface area contributed by atoms with E-state index in [4.69, 9.17) is 9.73 Å². The molecule has 2 N–H and O–H groups in total. The molecule has 2 aliphatic rings. The lowest BCUT2D eigenvalue weighted by Crippen LogP contribution is -2.44. The Labute approximate surface area is 194 Å². The maximum absolute atomic E-state index is 5.40. The minimum atomic E-state index is 0. The summed E-state index contributed by atoms with van der Waals surface area (Å²) in [5.74, 6) is 0.943. The topological polar surface area (TPSA) is 52.1 Å². The highest BCUT2D eigenvalue weighted by atomic mass is 127. The van der Waals surface area contributed by atoms with Gasteiger partial charge in [-0.15, -0.1) is 24.0 Å². The summed E-state index contributed by atoms with van der Waals surface area (Å²) in [5.41, 5.74) is 1.27. The Balaban J connectivity index is 0.00000280. The van der Waals surface area contributed by atoms with Crippen LogP contribution in [0, 0.1) is 0 Å². The smallest absolute Gasteiger partial charge is 0.191 e. The first-order chi connectivity index (χ1) is 13.3. The molecule has 0 bridgehead atoms. The van der Waals surface area contributed by atoms with Gasteiger partial charge in [0, 0.05) is 56.3 Å². The molecule has 158 valence electrons. The first-order valence-electron chi connectivity index (χ1n) is 10.1. The molecule has 1 aromatic carbocycles. The third-order valence-corrected chi connectivity index (χ3v) is 5.74. The van der Waals surface area contributed by atoms with E-state index in [1.807, 2.05) is 0 Å². The van der Waals surface area contributed by atoms with Gasteiger partial charge in [0.25, 0.3) is 0 Å². The van der Waals surface area contributed by atoms with Crippen LogP contribution in [0.1, 0.15) is 19.8 Å². The molecular weight excluding hydrogens is 533 g/mol. The van der Waals surface area contributed by atoms with Crippen LogP contribution in [0.25, 0.3) is 0 Å². The standard InChI is InChI=1S/C20H32BrN5O.HI/c1-2-22-20(23-9-5-10-25-12-14-27-15-13-25)24-17-8-11-26(16-17)19-7-4-3-6-18(19)21;/h3-4,6-7,17H,2,5,8-16H2,1H3,(H2,22,23,24);1H. The van der Waals surface area contributed by atoms with E-state index < -0.39 is 0 Å². The molecule has 0 aliphatic carbocycles. The molecule has 1 aromatic rings. The van der Waals surface area contributed by atoms with Crippen molar-refractivity contribution in [1.29, 1.82) is 0 Å². The van der Waals surface area contributed by atoms with Gasteiger partial charge in [0.1, 0.15) is 0 Å². The van der Waals surface area contributed by atoms with E-state index in [0.717, 1.165) is 82.3 Å². The summed E-state index contributed by atoms with van der Waals surface area (Å²) in [6.07, 6.45) is 2.21. The fourth-order valence-electron chi connectivity index (χ4n) is 3.63. The van der Waals surface area contributed by atoms with Gasteiger partial charge >= 0.3 is 0 Å². The summed E-state index contributed by atoms with van der Waals surface area (Å²) >= 11 is 3.67. The zero-order valence-corrected chi connectivity index (χ0v) is 20.6. The molecule has 1 atom stereocenters. The minimum Gasteiger partial charge on any atom is -0.379 e. The van der Waals surface area contributed by atoms with Crippen LogP contribution in [0.15, 0.2) is 33.7 Å². The van der Waals surface area contributed by atoms with E-state index in [1.165, 1.54) is 5.69 Å².